The van der Waals surface area contributed by atoms with Crippen LogP contribution in [0.3, 0.4) is 0 Å². The third kappa shape index (κ3) is 16.0. The normalized spacial score (nSPS) is 13.5. The highest BCUT2D eigenvalue weighted by molar-refractivity contribution is 5.96. The Morgan fingerprint density at radius 1 is 0.636 bits per heavy atom. The Balaban J connectivity index is 1.61. The number of hydrogen-bond acceptors (Lipinski definition) is 9. The molecule has 0 saturated heterocycles. The van der Waals surface area contributed by atoms with Gasteiger partial charge in [-0.3, -0.25) is 28.8 Å². The third-order valence-corrected chi connectivity index (χ3v) is 11.4. The van der Waals surface area contributed by atoms with Crippen LogP contribution in [0.5, 0.6) is 0 Å². The van der Waals surface area contributed by atoms with E-state index in [4.69, 9.17) is 15.2 Å². The first kappa shape index (κ1) is 52.4. The van der Waals surface area contributed by atoms with Gasteiger partial charge >= 0.3 is 0 Å². The van der Waals surface area contributed by atoms with E-state index in [0.717, 1.165) is 27.8 Å². The van der Waals surface area contributed by atoms with Gasteiger partial charge in [0.15, 0.2) is 0 Å². The highest BCUT2D eigenvalue weighted by Gasteiger charge is 2.39. The smallest absolute Gasteiger partial charge is 0.243 e. The molecule has 14 nitrogen and oxygen atoms in total. The van der Waals surface area contributed by atoms with Crippen molar-refractivity contribution in [3.8, 4) is 0 Å². The number of benzene rings is 4. The van der Waals surface area contributed by atoms with Crippen LogP contribution in [-0.4, -0.2) is 93.0 Å². The van der Waals surface area contributed by atoms with Gasteiger partial charge in [-0.05, 0) is 54.9 Å². The number of amides is 5. The molecule has 0 radical (unpaired) electrons. The van der Waals surface area contributed by atoms with Gasteiger partial charge in [0.1, 0.15) is 29.4 Å². The van der Waals surface area contributed by atoms with Crippen molar-refractivity contribution in [1.82, 2.24) is 26.6 Å². The molecule has 0 aliphatic rings. The van der Waals surface area contributed by atoms with Crippen molar-refractivity contribution in [2.24, 2.45) is 17.6 Å². The van der Waals surface area contributed by atoms with E-state index in [1.807, 2.05) is 136 Å². The molecule has 4 aromatic carbocycles. The van der Waals surface area contributed by atoms with Gasteiger partial charge < -0.3 is 41.8 Å². The molecule has 0 spiro atoms. The van der Waals surface area contributed by atoms with Crippen LogP contribution in [0.15, 0.2) is 115 Å². The molecule has 0 aromatic heterocycles. The minimum absolute atomic E-state index is 0.0882. The van der Waals surface area contributed by atoms with E-state index in [0.29, 0.717) is 32.6 Å². The average molecular weight is 905 g/mol. The number of carbonyl (C=O) groups is 6. The van der Waals surface area contributed by atoms with Crippen LogP contribution >= 0.6 is 0 Å². The van der Waals surface area contributed by atoms with E-state index in [1.165, 1.54) is 6.92 Å². The largest absolute Gasteiger partial charge is 0.378 e. The van der Waals surface area contributed by atoms with Gasteiger partial charge in [-0.1, -0.05) is 148 Å². The maximum absolute atomic E-state index is 14.4. The molecule has 1 unspecified atom stereocenters. The SMILES string of the molecule is CCC(C)[C@H](NC(=O)[C@@H](C)Cc1ccc(C)cc1)C(=O)N[C@@H](CCC(=O)NC(c1ccccc1)(c1ccccc1)c1ccccc1)C(=O)N[C@@H](CC(C)=O)C(=O)NCCOCCOCCN. The van der Waals surface area contributed by atoms with E-state index in [9.17, 15) is 28.8 Å². The summed E-state index contributed by atoms with van der Waals surface area (Å²) in [5.74, 6) is -3.99. The van der Waals surface area contributed by atoms with Gasteiger partial charge in [-0.25, -0.2) is 0 Å². The minimum atomic E-state index is -1.37. The Morgan fingerprint density at radius 2 is 1.17 bits per heavy atom. The summed E-state index contributed by atoms with van der Waals surface area (Å²) in [4.78, 5) is 82.7. The second-order valence-corrected chi connectivity index (χ2v) is 16.7. The topological polar surface area (TPSA) is 207 Å². The van der Waals surface area contributed by atoms with Crippen LogP contribution in [0.2, 0.25) is 0 Å². The fraction of sp³-hybridized carbons (Fsp3) is 0.423. The Bertz CT molecular complexity index is 2040. The van der Waals surface area contributed by atoms with Crippen molar-refractivity contribution >= 4 is 35.3 Å². The van der Waals surface area contributed by atoms with Crippen molar-refractivity contribution in [3.63, 3.8) is 0 Å². The highest BCUT2D eigenvalue weighted by Crippen LogP contribution is 2.37. The number of Topliss-reactive ketones (excluding diaryl/α,β-unsaturated/α-hetero) is 1. The second kappa shape index (κ2) is 27.3. The maximum Gasteiger partial charge on any atom is 0.243 e. The molecule has 0 heterocycles. The lowest BCUT2D eigenvalue weighted by Gasteiger charge is -2.37. The molecule has 5 amide bonds. The molecule has 14 heteroatoms. The molecule has 4 aromatic rings. The number of ketones is 1. The number of aryl methyl sites for hydroxylation is 1. The first-order valence-corrected chi connectivity index (χ1v) is 22.9. The highest BCUT2D eigenvalue weighted by atomic mass is 16.5. The van der Waals surface area contributed by atoms with Crippen LogP contribution < -0.4 is 32.3 Å². The number of ether oxygens (including phenoxy) is 2. The summed E-state index contributed by atoms with van der Waals surface area (Å²) in [6.45, 7) is 10.4. The second-order valence-electron chi connectivity index (χ2n) is 16.7. The average Bonchev–Trinajstić information content (AvgIpc) is 3.32. The summed E-state index contributed by atoms with van der Waals surface area (Å²) >= 11 is 0. The van der Waals surface area contributed by atoms with E-state index in [2.05, 4.69) is 26.6 Å². The van der Waals surface area contributed by atoms with Crippen LogP contribution in [0.4, 0.5) is 0 Å². The molecule has 4 rings (SSSR count). The van der Waals surface area contributed by atoms with Crippen LogP contribution in [0, 0.1) is 18.8 Å². The summed E-state index contributed by atoms with van der Waals surface area (Å²) < 4.78 is 10.8. The first-order chi connectivity index (χ1) is 31.8. The number of nitrogens with one attached hydrogen (secondary N) is 5. The summed E-state index contributed by atoms with van der Waals surface area (Å²) in [5.41, 5.74) is 8.76. The van der Waals surface area contributed by atoms with E-state index >= 15 is 0 Å². The van der Waals surface area contributed by atoms with Crippen LogP contribution in [0.25, 0.3) is 0 Å². The fourth-order valence-electron chi connectivity index (χ4n) is 7.57. The van der Waals surface area contributed by atoms with Crippen LogP contribution in [0.1, 0.15) is 81.2 Å². The minimum Gasteiger partial charge on any atom is -0.378 e. The van der Waals surface area contributed by atoms with Crippen molar-refractivity contribution in [1.29, 1.82) is 0 Å². The lowest BCUT2D eigenvalue weighted by atomic mass is 9.77. The zero-order valence-electron chi connectivity index (χ0n) is 39.0. The number of carbonyl (C=O) groups excluding carboxylic acids is 6. The Hall–Kier alpha value is -6.22. The molecular formula is C52H68N6O8. The third-order valence-electron chi connectivity index (χ3n) is 11.4. The molecule has 66 heavy (non-hydrogen) atoms. The molecule has 354 valence electrons. The standard InChI is InChI=1S/C52H68N6O8/c1-6-37(3)47(57-48(61)38(4)34-40-24-22-36(2)23-25-40)51(64)55-44(50(63)56-45(35-39(5)59)49(62)54-29-31-66-33-32-65-30-28-53)26-27-46(60)58-52(41-16-10-7-11-17-41,42-18-12-8-13-19-42)43-20-14-9-15-21-43/h7-25,37-38,44-45,47H,6,26-35,53H2,1-5H3,(H,54,62)(H,55,64)(H,56,63)(H,57,61)(H,58,60)/t37?,38-,44-,45-,47-/m0/s1. The van der Waals surface area contributed by atoms with Gasteiger partial charge in [0, 0.05) is 31.8 Å². The van der Waals surface area contributed by atoms with Crippen LogP contribution in [-0.2, 0) is 50.2 Å². The zero-order chi connectivity index (χ0) is 47.9. The fourth-order valence-corrected chi connectivity index (χ4v) is 7.57. The Kier molecular flexibility index (Phi) is 21.7. The van der Waals surface area contributed by atoms with E-state index in [1.54, 1.807) is 6.92 Å². The number of nitrogens with two attached hydrogens (primary N) is 1. The van der Waals surface area contributed by atoms with Gasteiger partial charge in [-0.15, -0.1) is 0 Å². The lowest BCUT2D eigenvalue weighted by Crippen LogP contribution is -2.58. The number of hydrogen-bond donors (Lipinski definition) is 6. The lowest BCUT2D eigenvalue weighted by molar-refractivity contribution is -0.136. The summed E-state index contributed by atoms with van der Waals surface area (Å²) in [6.07, 6.45) is 0.209. The van der Waals surface area contributed by atoms with E-state index < -0.39 is 53.2 Å². The number of rotatable bonds is 28. The van der Waals surface area contributed by atoms with Gasteiger partial charge in [0.2, 0.25) is 29.5 Å². The molecule has 0 bridgehead atoms. The van der Waals surface area contributed by atoms with Crippen molar-refractivity contribution in [2.45, 2.75) is 90.4 Å². The molecule has 0 saturated carbocycles. The summed E-state index contributed by atoms with van der Waals surface area (Å²) in [6, 6.07) is 32.9. The first-order valence-electron chi connectivity index (χ1n) is 22.9. The molecule has 0 aliphatic carbocycles. The van der Waals surface area contributed by atoms with E-state index in [-0.39, 0.29) is 56.6 Å². The Labute approximate surface area is 389 Å². The molecule has 0 aliphatic heterocycles. The van der Waals surface area contributed by atoms with Crippen molar-refractivity contribution in [2.75, 3.05) is 39.5 Å². The summed E-state index contributed by atoms with van der Waals surface area (Å²) in [5, 5.41) is 14.4. The predicted octanol–water partition coefficient (Wildman–Crippen LogP) is 4.65. The maximum atomic E-state index is 14.4. The Morgan fingerprint density at radius 3 is 1.68 bits per heavy atom. The molecule has 7 N–H and O–H groups in total. The molecular weight excluding hydrogens is 837 g/mol. The predicted molar refractivity (Wildman–Crippen MR) is 255 cm³/mol. The van der Waals surface area contributed by atoms with Crippen molar-refractivity contribution in [3.05, 3.63) is 143 Å². The summed E-state index contributed by atoms with van der Waals surface area (Å²) in [7, 11) is 0. The monoisotopic (exact) mass is 905 g/mol. The van der Waals surface area contributed by atoms with Gasteiger partial charge in [0.25, 0.3) is 0 Å². The zero-order valence-corrected chi connectivity index (χ0v) is 39.0. The quantitative estimate of drug-likeness (QED) is 0.0346. The van der Waals surface area contributed by atoms with Gasteiger partial charge in [-0.2, -0.15) is 0 Å². The van der Waals surface area contributed by atoms with Crippen molar-refractivity contribution < 1.29 is 38.2 Å². The molecule has 0 fully saturated rings. The molecule has 5 atom stereocenters. The van der Waals surface area contributed by atoms with Gasteiger partial charge in [0.05, 0.1) is 26.4 Å².